The van der Waals surface area contributed by atoms with Crippen LogP contribution in [0.15, 0.2) is 103 Å². The molecule has 3 aromatic carbocycles. The molecule has 0 N–H and O–H groups in total. The number of carbonyl (C=O) groups excluding carboxylic acids is 1. The SMILES string of the molecule is CC(C)(CC(=O)Cc1ccc(COc2ccccc2-c2ccccc2)cc1)c1cccnc1. The molecular weight excluding hydrogens is 406 g/mol. The molecule has 1 heterocycles. The molecule has 0 fully saturated rings. The third-order valence-corrected chi connectivity index (χ3v) is 5.87. The zero-order valence-electron chi connectivity index (χ0n) is 19.2. The van der Waals surface area contributed by atoms with Crippen LogP contribution in [-0.4, -0.2) is 10.8 Å². The molecular formula is C30H29NO2. The van der Waals surface area contributed by atoms with Crippen LogP contribution in [0.2, 0.25) is 0 Å². The molecule has 166 valence electrons. The lowest BCUT2D eigenvalue weighted by Gasteiger charge is -2.24. The number of carbonyl (C=O) groups is 1. The van der Waals surface area contributed by atoms with Crippen molar-refractivity contribution < 1.29 is 9.53 Å². The summed E-state index contributed by atoms with van der Waals surface area (Å²) in [5.41, 5.74) is 5.17. The first-order valence-corrected chi connectivity index (χ1v) is 11.3. The van der Waals surface area contributed by atoms with E-state index in [-0.39, 0.29) is 11.2 Å². The quantitative estimate of drug-likeness (QED) is 0.290. The maximum Gasteiger partial charge on any atom is 0.138 e. The molecule has 0 spiro atoms. The van der Waals surface area contributed by atoms with E-state index in [1.54, 1.807) is 6.20 Å². The molecule has 0 aliphatic carbocycles. The Balaban J connectivity index is 1.35. The summed E-state index contributed by atoms with van der Waals surface area (Å²) >= 11 is 0. The van der Waals surface area contributed by atoms with E-state index in [1.165, 1.54) is 0 Å². The molecule has 4 rings (SSSR count). The highest BCUT2D eigenvalue weighted by Gasteiger charge is 2.24. The molecule has 0 amide bonds. The summed E-state index contributed by atoms with van der Waals surface area (Å²) in [5.74, 6) is 1.09. The molecule has 1 aromatic heterocycles. The lowest BCUT2D eigenvalue weighted by molar-refractivity contribution is -0.119. The first-order valence-electron chi connectivity index (χ1n) is 11.3. The Morgan fingerprint density at radius 3 is 2.24 bits per heavy atom. The van der Waals surface area contributed by atoms with Gasteiger partial charge in [-0.25, -0.2) is 0 Å². The number of rotatable bonds is 9. The topological polar surface area (TPSA) is 39.2 Å². The normalized spacial score (nSPS) is 11.2. The van der Waals surface area contributed by atoms with E-state index in [9.17, 15) is 4.79 Å². The van der Waals surface area contributed by atoms with Crippen molar-refractivity contribution in [1.29, 1.82) is 0 Å². The lowest BCUT2D eigenvalue weighted by Crippen LogP contribution is -2.23. The standard InChI is InChI=1S/C30H29NO2/c1-30(2,26-11-8-18-31-21-26)20-27(32)19-23-14-16-24(17-15-23)22-33-29-13-7-6-12-28(29)25-9-4-3-5-10-25/h3-18,21H,19-20,22H2,1-2H3. The van der Waals surface area contributed by atoms with E-state index in [0.29, 0.717) is 19.4 Å². The number of nitrogens with zero attached hydrogens (tertiary/aromatic N) is 1. The molecule has 0 atom stereocenters. The van der Waals surface area contributed by atoms with Gasteiger partial charge in [-0.05, 0) is 39.8 Å². The van der Waals surface area contributed by atoms with Gasteiger partial charge in [0.1, 0.15) is 18.1 Å². The Hall–Kier alpha value is -3.72. The highest BCUT2D eigenvalue weighted by Crippen LogP contribution is 2.30. The molecule has 0 radical (unpaired) electrons. The van der Waals surface area contributed by atoms with Crippen molar-refractivity contribution in [3.8, 4) is 16.9 Å². The van der Waals surface area contributed by atoms with Gasteiger partial charge in [0.25, 0.3) is 0 Å². The number of benzene rings is 3. The van der Waals surface area contributed by atoms with Crippen molar-refractivity contribution in [2.24, 2.45) is 0 Å². The highest BCUT2D eigenvalue weighted by molar-refractivity contribution is 5.82. The maximum absolute atomic E-state index is 12.7. The van der Waals surface area contributed by atoms with Gasteiger partial charge >= 0.3 is 0 Å². The molecule has 0 bridgehead atoms. The van der Waals surface area contributed by atoms with Gasteiger partial charge in [-0.1, -0.05) is 92.7 Å². The van der Waals surface area contributed by atoms with Crippen molar-refractivity contribution in [2.45, 2.75) is 38.7 Å². The fourth-order valence-corrected chi connectivity index (χ4v) is 4.01. The summed E-state index contributed by atoms with van der Waals surface area (Å²) in [7, 11) is 0. The van der Waals surface area contributed by atoms with Crippen LogP contribution >= 0.6 is 0 Å². The summed E-state index contributed by atoms with van der Waals surface area (Å²) in [4.78, 5) is 16.9. The highest BCUT2D eigenvalue weighted by atomic mass is 16.5. The van der Waals surface area contributed by atoms with Gasteiger partial charge in [0.2, 0.25) is 0 Å². The summed E-state index contributed by atoms with van der Waals surface area (Å²) in [6.45, 7) is 4.66. The van der Waals surface area contributed by atoms with Gasteiger partial charge in [0, 0.05) is 30.8 Å². The van der Waals surface area contributed by atoms with Gasteiger partial charge < -0.3 is 4.74 Å². The summed E-state index contributed by atoms with van der Waals surface area (Å²) in [5, 5.41) is 0. The zero-order valence-corrected chi connectivity index (χ0v) is 19.2. The minimum Gasteiger partial charge on any atom is -0.488 e. The van der Waals surface area contributed by atoms with Crippen molar-refractivity contribution in [3.05, 3.63) is 120 Å². The summed E-state index contributed by atoms with van der Waals surface area (Å²) in [6, 6.07) is 30.4. The summed E-state index contributed by atoms with van der Waals surface area (Å²) < 4.78 is 6.14. The molecule has 0 aliphatic heterocycles. The Kier molecular flexibility index (Phi) is 6.99. The average Bonchev–Trinajstić information content (AvgIpc) is 2.84. The molecule has 0 unspecified atom stereocenters. The molecule has 33 heavy (non-hydrogen) atoms. The fourth-order valence-electron chi connectivity index (χ4n) is 4.01. The average molecular weight is 436 g/mol. The molecule has 0 saturated carbocycles. The zero-order chi connectivity index (χ0) is 23.1. The molecule has 0 saturated heterocycles. The van der Waals surface area contributed by atoms with Crippen LogP contribution in [0.25, 0.3) is 11.1 Å². The van der Waals surface area contributed by atoms with Crippen LogP contribution < -0.4 is 4.74 Å². The Bertz CT molecular complexity index is 1180. The predicted molar refractivity (Wildman–Crippen MR) is 133 cm³/mol. The van der Waals surface area contributed by atoms with Crippen molar-refractivity contribution >= 4 is 5.78 Å². The van der Waals surface area contributed by atoms with E-state index >= 15 is 0 Å². The van der Waals surface area contributed by atoms with Gasteiger partial charge in [0.15, 0.2) is 0 Å². The Morgan fingerprint density at radius 1 is 0.818 bits per heavy atom. The molecule has 0 aliphatic rings. The lowest BCUT2D eigenvalue weighted by atomic mass is 9.80. The number of hydrogen-bond acceptors (Lipinski definition) is 3. The third-order valence-electron chi connectivity index (χ3n) is 5.87. The van der Waals surface area contributed by atoms with Gasteiger partial charge in [-0.15, -0.1) is 0 Å². The number of para-hydroxylation sites is 1. The minimum atomic E-state index is -0.231. The number of Topliss-reactive ketones (excluding diaryl/α,β-unsaturated/α-hetero) is 1. The molecule has 4 aromatic rings. The van der Waals surface area contributed by atoms with Crippen LogP contribution in [0, 0.1) is 0 Å². The third kappa shape index (κ3) is 5.95. The Labute approximate surface area is 196 Å². The van der Waals surface area contributed by atoms with Crippen LogP contribution in [0.5, 0.6) is 5.75 Å². The van der Waals surface area contributed by atoms with E-state index in [0.717, 1.165) is 33.6 Å². The van der Waals surface area contributed by atoms with Crippen LogP contribution in [0.1, 0.15) is 37.0 Å². The second-order valence-electron chi connectivity index (χ2n) is 8.99. The number of pyridine rings is 1. The van der Waals surface area contributed by atoms with Crippen LogP contribution in [0.4, 0.5) is 0 Å². The van der Waals surface area contributed by atoms with Crippen LogP contribution in [0.3, 0.4) is 0 Å². The van der Waals surface area contributed by atoms with E-state index in [2.05, 4.69) is 37.0 Å². The van der Waals surface area contributed by atoms with Crippen molar-refractivity contribution in [2.75, 3.05) is 0 Å². The van der Waals surface area contributed by atoms with Gasteiger partial charge in [0.05, 0.1) is 0 Å². The number of ether oxygens (including phenoxy) is 1. The predicted octanol–water partition coefficient (Wildman–Crippen LogP) is 6.81. The van der Waals surface area contributed by atoms with Crippen LogP contribution in [-0.2, 0) is 23.2 Å². The Morgan fingerprint density at radius 2 is 1.52 bits per heavy atom. The first-order chi connectivity index (χ1) is 16.0. The second-order valence-corrected chi connectivity index (χ2v) is 8.99. The number of aromatic nitrogens is 1. The maximum atomic E-state index is 12.7. The number of hydrogen-bond donors (Lipinski definition) is 0. The molecule has 3 heteroatoms. The smallest absolute Gasteiger partial charge is 0.138 e. The largest absolute Gasteiger partial charge is 0.488 e. The van der Waals surface area contributed by atoms with Gasteiger partial charge in [-0.3, -0.25) is 9.78 Å². The molecule has 3 nitrogen and oxygen atoms in total. The number of ketones is 1. The van der Waals surface area contributed by atoms with Crippen molar-refractivity contribution in [1.82, 2.24) is 4.98 Å². The fraction of sp³-hybridized carbons (Fsp3) is 0.200. The summed E-state index contributed by atoms with van der Waals surface area (Å²) in [6.07, 6.45) is 4.52. The first kappa shape index (κ1) is 22.5. The van der Waals surface area contributed by atoms with E-state index in [1.807, 2.05) is 79.0 Å². The minimum absolute atomic E-state index is 0.227. The monoisotopic (exact) mass is 435 g/mol. The van der Waals surface area contributed by atoms with Crippen molar-refractivity contribution in [3.63, 3.8) is 0 Å². The second kappa shape index (κ2) is 10.3. The van der Waals surface area contributed by atoms with E-state index < -0.39 is 0 Å². The van der Waals surface area contributed by atoms with Gasteiger partial charge in [-0.2, -0.15) is 0 Å². The van der Waals surface area contributed by atoms with E-state index in [4.69, 9.17) is 4.74 Å².